The molecule has 0 bridgehead atoms. The van der Waals surface area contributed by atoms with Crippen molar-refractivity contribution in [3.63, 3.8) is 0 Å². The molecule has 25 heavy (non-hydrogen) atoms. The molecule has 2 unspecified atom stereocenters. The van der Waals surface area contributed by atoms with Gasteiger partial charge in [0.05, 0.1) is 0 Å². The Morgan fingerprint density at radius 1 is 1.20 bits per heavy atom. The van der Waals surface area contributed by atoms with E-state index in [4.69, 9.17) is 22.1 Å². The normalized spacial score (nSPS) is 19.1. The van der Waals surface area contributed by atoms with Crippen molar-refractivity contribution in [2.75, 3.05) is 5.32 Å². The first kappa shape index (κ1) is 19.6. The Morgan fingerprint density at radius 2 is 1.96 bits per heavy atom. The fraction of sp³-hybridized carbons (Fsp3) is 0.316. The number of nitrogens with one attached hydrogen (secondary N) is 1. The van der Waals surface area contributed by atoms with Gasteiger partial charge in [0.2, 0.25) is 5.91 Å². The second kappa shape index (κ2) is 9.09. The molecule has 2 aromatic carbocycles. The summed E-state index contributed by atoms with van der Waals surface area (Å²) < 4.78 is 5.78. The van der Waals surface area contributed by atoms with Gasteiger partial charge in [0.1, 0.15) is 12.4 Å². The maximum Gasteiger partial charge on any atom is 0.227 e. The zero-order chi connectivity index (χ0) is 16.9. The van der Waals surface area contributed by atoms with Gasteiger partial charge in [0, 0.05) is 28.7 Å². The average Bonchev–Trinajstić information content (AvgIpc) is 3.01. The summed E-state index contributed by atoms with van der Waals surface area (Å²) in [5, 5.41) is 3.66. The highest BCUT2D eigenvalue weighted by atomic mass is 35.5. The van der Waals surface area contributed by atoms with E-state index in [1.807, 2.05) is 48.5 Å². The van der Waals surface area contributed by atoms with Gasteiger partial charge in [-0.05, 0) is 49.1 Å². The van der Waals surface area contributed by atoms with Crippen molar-refractivity contribution in [2.45, 2.75) is 31.9 Å². The summed E-state index contributed by atoms with van der Waals surface area (Å²) in [4.78, 5) is 12.3. The monoisotopic (exact) mass is 380 g/mol. The largest absolute Gasteiger partial charge is 0.489 e. The van der Waals surface area contributed by atoms with Gasteiger partial charge in [-0.2, -0.15) is 0 Å². The first-order valence-electron chi connectivity index (χ1n) is 8.14. The highest BCUT2D eigenvalue weighted by Crippen LogP contribution is 2.26. The quantitative estimate of drug-likeness (QED) is 0.807. The van der Waals surface area contributed by atoms with Gasteiger partial charge < -0.3 is 15.8 Å². The van der Waals surface area contributed by atoms with Crippen molar-refractivity contribution in [1.82, 2.24) is 0 Å². The molecular weight excluding hydrogens is 359 g/mol. The van der Waals surface area contributed by atoms with Crippen LogP contribution in [0.1, 0.15) is 24.8 Å². The number of carbonyl (C=O) groups is 1. The smallest absolute Gasteiger partial charge is 0.227 e. The molecule has 3 N–H and O–H groups in total. The van der Waals surface area contributed by atoms with Crippen LogP contribution in [0.5, 0.6) is 5.75 Å². The Bertz CT molecular complexity index is 707. The standard InChI is InChI=1S/C19H21ClN2O2.ClH/c20-15-7-4-13(5-8-15)12-24-18-3-1-2-17(11-18)22-19(23)14-6-9-16(21)10-14;/h1-5,7-8,11,14,16H,6,9-10,12,21H2,(H,22,23);1H. The number of ether oxygens (including phenoxy) is 1. The molecule has 0 aliphatic heterocycles. The molecule has 0 spiro atoms. The number of rotatable bonds is 5. The Balaban J connectivity index is 0.00000225. The third-order valence-corrected chi connectivity index (χ3v) is 4.52. The summed E-state index contributed by atoms with van der Waals surface area (Å²) in [6.07, 6.45) is 2.54. The van der Waals surface area contributed by atoms with Crippen LogP contribution in [-0.2, 0) is 11.4 Å². The highest BCUT2D eigenvalue weighted by Gasteiger charge is 2.27. The third-order valence-electron chi connectivity index (χ3n) is 4.26. The van der Waals surface area contributed by atoms with Crippen molar-refractivity contribution in [3.05, 3.63) is 59.1 Å². The Labute approximate surface area is 159 Å². The number of anilines is 1. The van der Waals surface area contributed by atoms with E-state index in [2.05, 4.69) is 5.32 Å². The van der Waals surface area contributed by atoms with Crippen molar-refractivity contribution in [3.8, 4) is 5.75 Å². The molecule has 0 radical (unpaired) electrons. The van der Waals surface area contributed by atoms with Crippen LogP contribution in [0.4, 0.5) is 5.69 Å². The molecule has 3 rings (SSSR count). The van der Waals surface area contributed by atoms with Crippen molar-refractivity contribution in [2.24, 2.45) is 11.7 Å². The fourth-order valence-electron chi connectivity index (χ4n) is 2.91. The molecular formula is C19H22Cl2N2O2. The predicted molar refractivity (Wildman–Crippen MR) is 103 cm³/mol. The van der Waals surface area contributed by atoms with E-state index in [9.17, 15) is 4.79 Å². The lowest BCUT2D eigenvalue weighted by molar-refractivity contribution is -0.119. The van der Waals surface area contributed by atoms with Gasteiger partial charge in [0.15, 0.2) is 0 Å². The molecule has 0 saturated heterocycles. The third kappa shape index (κ3) is 5.63. The number of hydrogen-bond acceptors (Lipinski definition) is 3. The Morgan fingerprint density at radius 3 is 2.64 bits per heavy atom. The first-order valence-corrected chi connectivity index (χ1v) is 8.52. The van der Waals surface area contributed by atoms with Crippen LogP contribution in [-0.4, -0.2) is 11.9 Å². The summed E-state index contributed by atoms with van der Waals surface area (Å²) in [6.45, 7) is 0.450. The van der Waals surface area contributed by atoms with E-state index in [1.54, 1.807) is 0 Å². The van der Waals surface area contributed by atoms with E-state index < -0.39 is 0 Å². The SMILES string of the molecule is Cl.NC1CCC(C(=O)Nc2cccc(OCc3ccc(Cl)cc3)c2)C1. The molecule has 1 fully saturated rings. The van der Waals surface area contributed by atoms with Gasteiger partial charge in [-0.25, -0.2) is 0 Å². The van der Waals surface area contributed by atoms with Crippen LogP contribution in [0.3, 0.4) is 0 Å². The van der Waals surface area contributed by atoms with E-state index in [1.165, 1.54) is 0 Å². The number of amides is 1. The van der Waals surface area contributed by atoms with E-state index >= 15 is 0 Å². The van der Waals surface area contributed by atoms with Gasteiger partial charge in [-0.3, -0.25) is 4.79 Å². The lowest BCUT2D eigenvalue weighted by Crippen LogP contribution is -2.23. The van der Waals surface area contributed by atoms with Gasteiger partial charge >= 0.3 is 0 Å². The topological polar surface area (TPSA) is 64.4 Å². The lowest BCUT2D eigenvalue weighted by atomic mass is 10.1. The summed E-state index contributed by atoms with van der Waals surface area (Å²) >= 11 is 5.87. The van der Waals surface area contributed by atoms with Crippen LogP contribution in [0.15, 0.2) is 48.5 Å². The Hall–Kier alpha value is -1.75. The van der Waals surface area contributed by atoms with Crippen LogP contribution in [0, 0.1) is 5.92 Å². The lowest BCUT2D eigenvalue weighted by Gasteiger charge is -2.12. The van der Waals surface area contributed by atoms with Crippen molar-refractivity contribution in [1.29, 1.82) is 0 Å². The first-order chi connectivity index (χ1) is 11.6. The van der Waals surface area contributed by atoms with Crippen molar-refractivity contribution < 1.29 is 9.53 Å². The molecule has 0 aromatic heterocycles. The molecule has 134 valence electrons. The second-order valence-corrected chi connectivity index (χ2v) is 6.64. The molecule has 1 amide bonds. The van der Waals surface area contributed by atoms with E-state index in [0.717, 1.165) is 30.5 Å². The van der Waals surface area contributed by atoms with Crippen LogP contribution in [0.25, 0.3) is 0 Å². The molecule has 6 heteroatoms. The zero-order valence-electron chi connectivity index (χ0n) is 13.8. The minimum absolute atomic E-state index is 0. The predicted octanol–water partition coefficient (Wildman–Crippen LogP) is 4.41. The number of benzene rings is 2. The molecule has 4 nitrogen and oxygen atoms in total. The summed E-state index contributed by atoms with van der Waals surface area (Å²) in [5.41, 5.74) is 7.66. The Kier molecular flexibility index (Phi) is 7.12. The number of hydrogen-bond donors (Lipinski definition) is 2. The molecule has 0 heterocycles. The van der Waals surface area contributed by atoms with Crippen molar-refractivity contribution >= 4 is 35.6 Å². The van der Waals surface area contributed by atoms with Gasteiger partial charge in [-0.1, -0.05) is 29.8 Å². The van der Waals surface area contributed by atoms with Crippen LogP contribution >= 0.6 is 24.0 Å². The average molecular weight is 381 g/mol. The molecule has 1 aliphatic carbocycles. The number of carbonyl (C=O) groups excluding carboxylic acids is 1. The van der Waals surface area contributed by atoms with Crippen LogP contribution < -0.4 is 15.8 Å². The van der Waals surface area contributed by atoms with E-state index in [0.29, 0.717) is 17.4 Å². The summed E-state index contributed by atoms with van der Waals surface area (Å²) in [6, 6.07) is 15.1. The minimum atomic E-state index is 0. The van der Waals surface area contributed by atoms with Crippen LogP contribution in [0.2, 0.25) is 5.02 Å². The minimum Gasteiger partial charge on any atom is -0.489 e. The zero-order valence-corrected chi connectivity index (χ0v) is 15.4. The second-order valence-electron chi connectivity index (χ2n) is 6.20. The molecule has 2 aromatic rings. The summed E-state index contributed by atoms with van der Waals surface area (Å²) in [5.74, 6) is 0.766. The fourth-order valence-corrected chi connectivity index (χ4v) is 3.04. The highest BCUT2D eigenvalue weighted by molar-refractivity contribution is 6.30. The summed E-state index contributed by atoms with van der Waals surface area (Å²) in [7, 11) is 0. The molecule has 1 aliphatic rings. The number of nitrogens with two attached hydrogens (primary N) is 1. The maximum absolute atomic E-state index is 12.3. The van der Waals surface area contributed by atoms with Gasteiger partial charge in [0.25, 0.3) is 0 Å². The van der Waals surface area contributed by atoms with E-state index in [-0.39, 0.29) is 30.3 Å². The van der Waals surface area contributed by atoms with Gasteiger partial charge in [-0.15, -0.1) is 12.4 Å². The number of halogens is 2. The maximum atomic E-state index is 12.3. The molecule has 2 atom stereocenters. The molecule has 1 saturated carbocycles.